The smallest absolute Gasteiger partial charge is 0.277 e. The van der Waals surface area contributed by atoms with Crippen molar-refractivity contribution in [3.63, 3.8) is 0 Å². The van der Waals surface area contributed by atoms with Crippen LogP contribution in [-0.2, 0) is 4.79 Å². The van der Waals surface area contributed by atoms with Crippen molar-refractivity contribution in [2.75, 3.05) is 10.6 Å². The molecule has 0 aliphatic rings. The van der Waals surface area contributed by atoms with Crippen molar-refractivity contribution >= 4 is 34.8 Å². The quantitative estimate of drug-likeness (QED) is 0.803. The third-order valence-electron chi connectivity index (χ3n) is 2.47. The molecule has 0 spiro atoms. The number of hydrogen-bond donors (Lipinski definition) is 3. The van der Waals surface area contributed by atoms with E-state index >= 15 is 0 Å². The van der Waals surface area contributed by atoms with Crippen LogP contribution in [0.5, 0.6) is 0 Å². The SMILES string of the molecule is CCC(=O)Nc1ccc(Cl)c(NC(=O)c2cn[nH]n2)c1. The summed E-state index contributed by atoms with van der Waals surface area (Å²) in [6.45, 7) is 1.75. The predicted octanol–water partition coefficient (Wildman–Crippen LogP) is 2.06. The van der Waals surface area contributed by atoms with Gasteiger partial charge in [-0.3, -0.25) is 9.59 Å². The van der Waals surface area contributed by atoms with Crippen LogP contribution in [0.2, 0.25) is 5.02 Å². The number of aromatic amines is 1. The Kier molecular flexibility index (Phi) is 4.31. The number of rotatable bonds is 4. The normalized spacial score (nSPS) is 10.1. The van der Waals surface area contributed by atoms with Crippen LogP contribution in [0.25, 0.3) is 0 Å². The van der Waals surface area contributed by atoms with Crippen molar-refractivity contribution in [3.05, 3.63) is 35.1 Å². The topological polar surface area (TPSA) is 99.8 Å². The molecule has 2 aromatic rings. The zero-order valence-corrected chi connectivity index (χ0v) is 11.4. The zero-order chi connectivity index (χ0) is 14.5. The first-order chi connectivity index (χ1) is 9.60. The van der Waals surface area contributed by atoms with Crippen molar-refractivity contribution in [1.82, 2.24) is 15.4 Å². The van der Waals surface area contributed by atoms with E-state index in [1.54, 1.807) is 25.1 Å². The fourth-order valence-electron chi connectivity index (χ4n) is 1.45. The Bertz CT molecular complexity index is 627. The summed E-state index contributed by atoms with van der Waals surface area (Å²) in [5.41, 5.74) is 1.08. The highest BCUT2D eigenvalue weighted by Gasteiger charge is 2.12. The van der Waals surface area contributed by atoms with E-state index in [2.05, 4.69) is 26.0 Å². The van der Waals surface area contributed by atoms with Gasteiger partial charge >= 0.3 is 0 Å². The molecule has 1 heterocycles. The highest BCUT2D eigenvalue weighted by atomic mass is 35.5. The molecule has 0 saturated heterocycles. The van der Waals surface area contributed by atoms with E-state index in [1.165, 1.54) is 6.20 Å². The number of halogens is 1. The van der Waals surface area contributed by atoms with Crippen LogP contribution < -0.4 is 10.6 Å². The Balaban J connectivity index is 2.16. The first kappa shape index (κ1) is 14.0. The lowest BCUT2D eigenvalue weighted by atomic mass is 10.2. The minimum absolute atomic E-state index is 0.124. The lowest BCUT2D eigenvalue weighted by molar-refractivity contribution is -0.115. The molecule has 0 bridgehead atoms. The van der Waals surface area contributed by atoms with E-state index in [-0.39, 0.29) is 11.6 Å². The van der Waals surface area contributed by atoms with E-state index in [9.17, 15) is 9.59 Å². The van der Waals surface area contributed by atoms with Gasteiger partial charge in [-0.25, -0.2) is 0 Å². The molecule has 104 valence electrons. The maximum absolute atomic E-state index is 11.8. The number of anilines is 2. The van der Waals surface area contributed by atoms with Gasteiger partial charge in [0.2, 0.25) is 5.91 Å². The molecule has 20 heavy (non-hydrogen) atoms. The largest absolute Gasteiger partial charge is 0.326 e. The summed E-state index contributed by atoms with van der Waals surface area (Å²) in [7, 11) is 0. The summed E-state index contributed by atoms with van der Waals surface area (Å²) in [5, 5.41) is 15.2. The van der Waals surface area contributed by atoms with E-state index in [1.807, 2.05) is 0 Å². The summed E-state index contributed by atoms with van der Waals surface area (Å²) in [6.07, 6.45) is 1.66. The molecule has 2 amide bonds. The molecule has 0 aliphatic carbocycles. The molecule has 0 aliphatic heterocycles. The predicted molar refractivity (Wildman–Crippen MR) is 74.7 cm³/mol. The molecule has 1 aromatic carbocycles. The number of nitrogens with zero attached hydrogens (tertiary/aromatic N) is 2. The Morgan fingerprint density at radius 2 is 2.15 bits per heavy atom. The number of benzene rings is 1. The molecule has 2 rings (SSSR count). The number of carbonyl (C=O) groups is 2. The van der Waals surface area contributed by atoms with Crippen molar-refractivity contribution in [1.29, 1.82) is 0 Å². The monoisotopic (exact) mass is 293 g/mol. The van der Waals surface area contributed by atoms with Crippen LogP contribution in [0.1, 0.15) is 23.8 Å². The van der Waals surface area contributed by atoms with E-state index in [0.29, 0.717) is 22.8 Å². The zero-order valence-electron chi connectivity index (χ0n) is 10.6. The van der Waals surface area contributed by atoms with Gasteiger partial charge in [0.25, 0.3) is 5.91 Å². The summed E-state index contributed by atoms with van der Waals surface area (Å²) in [4.78, 5) is 23.2. The van der Waals surface area contributed by atoms with Crippen LogP contribution in [0.3, 0.4) is 0 Å². The van der Waals surface area contributed by atoms with Crippen LogP contribution >= 0.6 is 11.6 Å². The van der Waals surface area contributed by atoms with Crippen LogP contribution in [0.4, 0.5) is 11.4 Å². The van der Waals surface area contributed by atoms with Crippen LogP contribution in [0, 0.1) is 0 Å². The van der Waals surface area contributed by atoms with Gasteiger partial charge in [0.05, 0.1) is 16.9 Å². The molecule has 7 nitrogen and oxygen atoms in total. The van der Waals surface area contributed by atoms with Gasteiger partial charge in [0.15, 0.2) is 5.69 Å². The molecular formula is C12H12ClN5O2. The Labute approximate surface area is 119 Å². The van der Waals surface area contributed by atoms with Gasteiger partial charge in [-0.1, -0.05) is 18.5 Å². The molecule has 8 heteroatoms. The first-order valence-electron chi connectivity index (χ1n) is 5.86. The highest BCUT2D eigenvalue weighted by molar-refractivity contribution is 6.34. The lowest BCUT2D eigenvalue weighted by Gasteiger charge is -2.09. The van der Waals surface area contributed by atoms with Gasteiger partial charge in [-0.05, 0) is 18.2 Å². The van der Waals surface area contributed by atoms with Gasteiger partial charge in [0, 0.05) is 12.1 Å². The number of H-pyrrole nitrogens is 1. The van der Waals surface area contributed by atoms with E-state index in [4.69, 9.17) is 11.6 Å². The second-order valence-electron chi connectivity index (χ2n) is 3.91. The average molecular weight is 294 g/mol. The van der Waals surface area contributed by atoms with Crippen molar-refractivity contribution in [2.24, 2.45) is 0 Å². The number of nitrogens with one attached hydrogen (secondary N) is 3. The number of carbonyl (C=O) groups excluding carboxylic acids is 2. The molecule has 0 saturated carbocycles. The Hall–Kier alpha value is -2.41. The second-order valence-corrected chi connectivity index (χ2v) is 4.31. The number of aromatic nitrogens is 3. The first-order valence-corrected chi connectivity index (χ1v) is 6.24. The molecular weight excluding hydrogens is 282 g/mol. The minimum Gasteiger partial charge on any atom is -0.326 e. The van der Waals surface area contributed by atoms with Crippen LogP contribution in [-0.4, -0.2) is 27.2 Å². The average Bonchev–Trinajstić information content (AvgIpc) is 2.96. The van der Waals surface area contributed by atoms with Gasteiger partial charge in [-0.2, -0.15) is 15.4 Å². The summed E-state index contributed by atoms with van der Waals surface area (Å²) >= 11 is 6.00. The van der Waals surface area contributed by atoms with Gasteiger partial charge in [-0.15, -0.1) is 0 Å². The third-order valence-corrected chi connectivity index (χ3v) is 2.80. The van der Waals surface area contributed by atoms with Crippen LogP contribution in [0.15, 0.2) is 24.4 Å². The van der Waals surface area contributed by atoms with E-state index < -0.39 is 5.91 Å². The van der Waals surface area contributed by atoms with Crippen molar-refractivity contribution in [3.8, 4) is 0 Å². The standard InChI is InChI=1S/C12H12ClN5O2/c1-2-11(19)15-7-3-4-8(13)9(5-7)16-12(20)10-6-14-18-17-10/h3-6H,2H2,1H3,(H,15,19)(H,16,20)(H,14,17,18). The fraction of sp³-hybridized carbons (Fsp3) is 0.167. The number of amides is 2. The Morgan fingerprint density at radius 1 is 1.35 bits per heavy atom. The molecule has 0 unspecified atom stereocenters. The maximum Gasteiger partial charge on any atom is 0.277 e. The third kappa shape index (κ3) is 3.33. The number of hydrogen-bond acceptors (Lipinski definition) is 4. The maximum atomic E-state index is 11.8. The van der Waals surface area contributed by atoms with Gasteiger partial charge < -0.3 is 10.6 Å². The minimum atomic E-state index is -0.445. The van der Waals surface area contributed by atoms with Gasteiger partial charge in [0.1, 0.15) is 0 Å². The lowest BCUT2D eigenvalue weighted by Crippen LogP contribution is -2.14. The second kappa shape index (κ2) is 6.16. The van der Waals surface area contributed by atoms with E-state index in [0.717, 1.165) is 0 Å². The van der Waals surface area contributed by atoms with Crippen molar-refractivity contribution < 1.29 is 9.59 Å². The summed E-state index contributed by atoms with van der Waals surface area (Å²) < 4.78 is 0. The molecule has 3 N–H and O–H groups in total. The van der Waals surface area contributed by atoms with Crippen molar-refractivity contribution in [2.45, 2.75) is 13.3 Å². The Morgan fingerprint density at radius 3 is 2.80 bits per heavy atom. The molecule has 0 atom stereocenters. The molecule has 0 radical (unpaired) electrons. The molecule has 0 fully saturated rings. The highest BCUT2D eigenvalue weighted by Crippen LogP contribution is 2.26. The summed E-state index contributed by atoms with van der Waals surface area (Å²) in [6, 6.07) is 4.82. The molecule has 1 aromatic heterocycles. The summed E-state index contributed by atoms with van der Waals surface area (Å²) in [5.74, 6) is -0.569. The fourth-order valence-corrected chi connectivity index (χ4v) is 1.61.